The Balaban J connectivity index is 1.54. The third kappa shape index (κ3) is 3.07. The van der Waals surface area contributed by atoms with Crippen LogP contribution in [0.2, 0.25) is 0 Å². The molecule has 0 aliphatic heterocycles. The minimum atomic E-state index is -0.778. The maximum Gasteiger partial charge on any atom is 0.105 e. The fourth-order valence-electron chi connectivity index (χ4n) is 4.40. The van der Waals surface area contributed by atoms with Gasteiger partial charge in [0.15, 0.2) is 0 Å². The van der Waals surface area contributed by atoms with E-state index in [1.54, 1.807) is 0 Å². The van der Waals surface area contributed by atoms with Crippen molar-refractivity contribution in [3.8, 4) is 0 Å². The van der Waals surface area contributed by atoms with Gasteiger partial charge in [0.1, 0.15) is 12.2 Å². The van der Waals surface area contributed by atoms with Crippen LogP contribution in [0, 0.1) is 0 Å². The Hall–Kier alpha value is -3.20. The summed E-state index contributed by atoms with van der Waals surface area (Å²) >= 11 is 0. The normalized spacial score (nSPS) is 15.9. The van der Waals surface area contributed by atoms with Gasteiger partial charge in [-0.15, -0.1) is 0 Å². The molecular formula is C27H22O2. The Morgan fingerprint density at radius 3 is 1.41 bits per heavy atom. The van der Waals surface area contributed by atoms with Gasteiger partial charge in [-0.3, -0.25) is 0 Å². The Labute approximate surface area is 170 Å². The first kappa shape index (κ1) is 17.9. The number of allylic oxidation sites excluding steroid dienone is 2. The minimum absolute atomic E-state index is 0.717. The lowest BCUT2D eigenvalue weighted by atomic mass is 9.88. The van der Waals surface area contributed by atoms with Crippen molar-refractivity contribution in [2.75, 3.05) is 0 Å². The van der Waals surface area contributed by atoms with Crippen LogP contribution in [0.3, 0.4) is 0 Å². The number of hydrogen-bond donors (Lipinski definition) is 2. The molecule has 0 heterocycles. The summed E-state index contributed by atoms with van der Waals surface area (Å²) in [4.78, 5) is 0. The summed E-state index contributed by atoms with van der Waals surface area (Å²) in [7, 11) is 0. The highest BCUT2D eigenvalue weighted by Gasteiger charge is 2.27. The van der Waals surface area contributed by atoms with Crippen molar-refractivity contribution in [2.24, 2.45) is 0 Å². The summed E-state index contributed by atoms with van der Waals surface area (Å²) in [6.45, 7) is 0. The molecule has 1 aliphatic carbocycles. The molecule has 0 saturated heterocycles. The second-order valence-electron chi connectivity index (χ2n) is 7.50. The molecule has 142 valence electrons. The molecule has 0 aromatic heterocycles. The third-order valence-electron chi connectivity index (χ3n) is 5.83. The summed E-state index contributed by atoms with van der Waals surface area (Å²) in [5.41, 5.74) is 3.32. The van der Waals surface area contributed by atoms with Gasteiger partial charge in [0.2, 0.25) is 0 Å². The highest BCUT2D eigenvalue weighted by Crippen LogP contribution is 2.41. The topological polar surface area (TPSA) is 40.5 Å². The van der Waals surface area contributed by atoms with Gasteiger partial charge in [-0.1, -0.05) is 97.1 Å². The van der Waals surface area contributed by atoms with Crippen molar-refractivity contribution in [1.29, 1.82) is 0 Å². The van der Waals surface area contributed by atoms with Crippen LogP contribution in [-0.2, 0) is 0 Å². The number of fused-ring (bicyclic) bond motifs is 2. The Bertz CT molecular complexity index is 1160. The molecular weight excluding hydrogens is 356 g/mol. The first-order chi connectivity index (χ1) is 14.2. The monoisotopic (exact) mass is 378 g/mol. The maximum atomic E-state index is 11.3. The van der Waals surface area contributed by atoms with E-state index in [4.69, 9.17) is 0 Å². The van der Waals surface area contributed by atoms with Gasteiger partial charge < -0.3 is 10.2 Å². The molecule has 0 fully saturated rings. The molecule has 4 aromatic rings. The maximum absolute atomic E-state index is 11.3. The largest absolute Gasteiger partial charge is 0.384 e. The first-order valence-electron chi connectivity index (χ1n) is 9.96. The van der Waals surface area contributed by atoms with Gasteiger partial charge in [-0.25, -0.2) is 0 Å². The predicted octanol–water partition coefficient (Wildman–Crippen LogP) is 6.02. The average Bonchev–Trinajstić information content (AvgIpc) is 3.27. The van der Waals surface area contributed by atoms with Crippen LogP contribution in [0.15, 0.2) is 108 Å². The number of hydrogen-bond acceptors (Lipinski definition) is 2. The van der Waals surface area contributed by atoms with Gasteiger partial charge in [0.25, 0.3) is 0 Å². The summed E-state index contributed by atoms with van der Waals surface area (Å²) in [5, 5.41) is 26.8. The number of rotatable bonds is 4. The number of benzene rings is 4. The first-order valence-corrected chi connectivity index (χ1v) is 9.96. The molecule has 2 atom stereocenters. The Kier molecular flexibility index (Phi) is 4.51. The lowest BCUT2D eigenvalue weighted by Crippen LogP contribution is -2.10. The van der Waals surface area contributed by atoms with Gasteiger partial charge in [-0.2, -0.15) is 0 Å². The highest BCUT2D eigenvalue weighted by atomic mass is 16.3. The van der Waals surface area contributed by atoms with E-state index < -0.39 is 12.2 Å². The molecule has 1 aliphatic rings. The standard InChI is InChI=1S/C27H22O2/c28-26(22-14-5-10-18-8-1-3-12-20(18)22)24-16-7-17-25(24)27(29)23-15-6-11-19-9-2-4-13-21(19)23/h1-6,8-17,26-29H,7H2/t26-,27-/m1/s1. The van der Waals surface area contributed by atoms with E-state index in [2.05, 4.69) is 24.3 Å². The summed E-state index contributed by atoms with van der Waals surface area (Å²) in [6, 6.07) is 28.1. The van der Waals surface area contributed by atoms with E-state index in [0.29, 0.717) is 6.42 Å². The Morgan fingerprint density at radius 2 is 0.931 bits per heavy atom. The van der Waals surface area contributed by atoms with Crippen LogP contribution in [0.25, 0.3) is 21.5 Å². The third-order valence-corrected chi connectivity index (χ3v) is 5.83. The molecule has 0 spiro atoms. The van der Waals surface area contributed by atoms with Crippen LogP contribution in [0.4, 0.5) is 0 Å². The fraction of sp³-hybridized carbons (Fsp3) is 0.111. The van der Waals surface area contributed by atoms with E-state index in [1.165, 1.54) is 0 Å². The van der Waals surface area contributed by atoms with Crippen molar-refractivity contribution in [3.05, 3.63) is 119 Å². The quantitative estimate of drug-likeness (QED) is 0.456. The van der Waals surface area contributed by atoms with Crippen molar-refractivity contribution in [3.63, 3.8) is 0 Å². The molecule has 0 radical (unpaired) electrons. The van der Waals surface area contributed by atoms with Crippen LogP contribution in [-0.4, -0.2) is 10.2 Å². The second-order valence-corrected chi connectivity index (χ2v) is 7.50. The predicted molar refractivity (Wildman–Crippen MR) is 119 cm³/mol. The molecule has 2 nitrogen and oxygen atoms in total. The molecule has 0 bridgehead atoms. The van der Waals surface area contributed by atoms with E-state index >= 15 is 0 Å². The Morgan fingerprint density at radius 1 is 0.517 bits per heavy atom. The second kappa shape index (κ2) is 7.32. The van der Waals surface area contributed by atoms with Crippen molar-refractivity contribution >= 4 is 21.5 Å². The van der Waals surface area contributed by atoms with Gasteiger partial charge in [0.05, 0.1) is 0 Å². The highest BCUT2D eigenvalue weighted by molar-refractivity contribution is 5.87. The lowest BCUT2D eigenvalue weighted by molar-refractivity contribution is 0.193. The van der Waals surface area contributed by atoms with E-state index in [0.717, 1.165) is 43.8 Å². The number of aliphatic hydroxyl groups is 2. The molecule has 4 aromatic carbocycles. The van der Waals surface area contributed by atoms with E-state index in [9.17, 15) is 10.2 Å². The summed E-state index contributed by atoms with van der Waals surface area (Å²) in [6.07, 6.45) is 3.21. The summed E-state index contributed by atoms with van der Waals surface area (Å²) < 4.78 is 0. The zero-order valence-electron chi connectivity index (χ0n) is 16.0. The van der Waals surface area contributed by atoms with Gasteiger partial charge in [-0.05, 0) is 50.2 Å². The van der Waals surface area contributed by atoms with Crippen molar-refractivity contribution in [2.45, 2.75) is 18.6 Å². The molecule has 2 heteroatoms. The van der Waals surface area contributed by atoms with Crippen molar-refractivity contribution in [1.82, 2.24) is 0 Å². The van der Waals surface area contributed by atoms with Crippen LogP contribution >= 0.6 is 0 Å². The zero-order chi connectivity index (χ0) is 19.8. The smallest absolute Gasteiger partial charge is 0.105 e. The van der Waals surface area contributed by atoms with Gasteiger partial charge in [0, 0.05) is 0 Å². The van der Waals surface area contributed by atoms with Crippen molar-refractivity contribution < 1.29 is 10.2 Å². The van der Waals surface area contributed by atoms with Crippen LogP contribution < -0.4 is 0 Å². The van der Waals surface area contributed by atoms with E-state index in [1.807, 2.05) is 72.8 Å². The van der Waals surface area contributed by atoms with Crippen LogP contribution in [0.1, 0.15) is 29.8 Å². The number of aliphatic hydroxyl groups excluding tert-OH is 2. The molecule has 2 N–H and O–H groups in total. The molecule has 5 rings (SSSR count). The molecule has 0 unspecified atom stereocenters. The average molecular weight is 378 g/mol. The SMILES string of the molecule is O[C@@H](C1=CCC=C1[C@H](O)c1cccc2ccccc12)c1cccc2ccccc12. The van der Waals surface area contributed by atoms with E-state index in [-0.39, 0.29) is 0 Å². The van der Waals surface area contributed by atoms with Crippen LogP contribution in [0.5, 0.6) is 0 Å². The lowest BCUT2D eigenvalue weighted by Gasteiger charge is -2.22. The van der Waals surface area contributed by atoms with Gasteiger partial charge >= 0.3 is 0 Å². The molecule has 0 saturated carbocycles. The summed E-state index contributed by atoms with van der Waals surface area (Å²) in [5.74, 6) is 0. The molecule has 0 amide bonds. The fourth-order valence-corrected chi connectivity index (χ4v) is 4.40. The molecule has 29 heavy (non-hydrogen) atoms. The zero-order valence-corrected chi connectivity index (χ0v) is 16.0. The minimum Gasteiger partial charge on any atom is -0.384 e.